The second-order valence-electron chi connectivity index (χ2n) is 7.52. The summed E-state index contributed by atoms with van der Waals surface area (Å²) in [4.78, 5) is 11.8. The molecular formula is C15H28N2O3. The zero-order valence-corrected chi connectivity index (χ0v) is 13.1. The van der Waals surface area contributed by atoms with Crippen molar-refractivity contribution in [3.63, 3.8) is 0 Å². The number of carbonyl (C=O) groups is 1. The Labute approximate surface area is 121 Å². The lowest BCUT2D eigenvalue weighted by atomic mass is 9.88. The molecule has 2 N–H and O–H groups in total. The van der Waals surface area contributed by atoms with Gasteiger partial charge in [0.2, 0.25) is 0 Å². The van der Waals surface area contributed by atoms with E-state index >= 15 is 0 Å². The standard InChI is InChI=1S/C15H28N2O3/c1-14(2,3)20-13(18)17-12(11-5-6-11)7-16-8-15(4)9-19-10-15/h11-12,16H,5-10H2,1-4H3,(H,17,18). The van der Waals surface area contributed by atoms with Crippen LogP contribution < -0.4 is 10.6 Å². The predicted octanol–water partition coefficient (Wildman–Crippen LogP) is 1.92. The van der Waals surface area contributed by atoms with Gasteiger partial charge in [0, 0.05) is 24.5 Å². The quantitative estimate of drug-likeness (QED) is 0.782. The molecule has 20 heavy (non-hydrogen) atoms. The van der Waals surface area contributed by atoms with Crippen LogP contribution in [0.25, 0.3) is 0 Å². The van der Waals surface area contributed by atoms with Gasteiger partial charge in [-0.3, -0.25) is 0 Å². The Kier molecular flexibility index (Phi) is 4.59. The zero-order valence-electron chi connectivity index (χ0n) is 13.1. The van der Waals surface area contributed by atoms with Gasteiger partial charge in [0.25, 0.3) is 0 Å². The van der Waals surface area contributed by atoms with Crippen LogP contribution in [0, 0.1) is 11.3 Å². The maximum Gasteiger partial charge on any atom is 0.407 e. The van der Waals surface area contributed by atoms with E-state index in [1.54, 1.807) is 0 Å². The zero-order chi connectivity index (χ0) is 14.8. The van der Waals surface area contributed by atoms with Crippen LogP contribution in [0.2, 0.25) is 0 Å². The highest BCUT2D eigenvalue weighted by atomic mass is 16.6. The molecule has 1 amide bonds. The van der Waals surface area contributed by atoms with Gasteiger partial charge in [0.1, 0.15) is 5.60 Å². The third kappa shape index (κ3) is 4.94. The Morgan fingerprint density at radius 1 is 1.40 bits per heavy atom. The summed E-state index contributed by atoms with van der Waals surface area (Å²) in [6, 6.07) is 0.175. The molecule has 0 aromatic rings. The van der Waals surface area contributed by atoms with Crippen molar-refractivity contribution in [1.29, 1.82) is 0 Å². The van der Waals surface area contributed by atoms with E-state index in [9.17, 15) is 4.79 Å². The highest BCUT2D eigenvalue weighted by molar-refractivity contribution is 5.68. The van der Waals surface area contributed by atoms with E-state index in [1.807, 2.05) is 20.8 Å². The van der Waals surface area contributed by atoms with Crippen LogP contribution in [-0.4, -0.2) is 44.0 Å². The molecule has 0 radical (unpaired) electrons. The van der Waals surface area contributed by atoms with Crippen molar-refractivity contribution >= 4 is 6.09 Å². The van der Waals surface area contributed by atoms with E-state index < -0.39 is 5.60 Å². The molecule has 2 fully saturated rings. The fourth-order valence-electron chi connectivity index (χ4n) is 2.38. The number of ether oxygens (including phenoxy) is 2. The molecule has 0 bridgehead atoms. The summed E-state index contributed by atoms with van der Waals surface area (Å²) >= 11 is 0. The second kappa shape index (κ2) is 5.90. The smallest absolute Gasteiger partial charge is 0.407 e. The molecule has 2 aliphatic rings. The molecule has 1 heterocycles. The fraction of sp³-hybridized carbons (Fsp3) is 0.933. The van der Waals surface area contributed by atoms with Crippen molar-refractivity contribution in [2.24, 2.45) is 11.3 Å². The minimum atomic E-state index is -0.442. The first-order valence-corrected chi connectivity index (χ1v) is 7.55. The maximum absolute atomic E-state index is 11.8. The normalized spacial score (nSPS) is 22.8. The van der Waals surface area contributed by atoms with E-state index in [4.69, 9.17) is 9.47 Å². The van der Waals surface area contributed by atoms with E-state index in [1.165, 1.54) is 12.8 Å². The lowest BCUT2D eigenvalue weighted by Gasteiger charge is -2.38. The number of rotatable bonds is 6. The third-order valence-corrected chi connectivity index (χ3v) is 3.71. The van der Waals surface area contributed by atoms with Crippen LogP contribution in [0.3, 0.4) is 0 Å². The summed E-state index contributed by atoms with van der Waals surface area (Å²) in [5, 5.41) is 6.47. The van der Waals surface area contributed by atoms with Gasteiger partial charge in [-0.15, -0.1) is 0 Å². The van der Waals surface area contributed by atoms with Gasteiger partial charge in [-0.1, -0.05) is 6.92 Å². The van der Waals surface area contributed by atoms with Crippen molar-refractivity contribution < 1.29 is 14.3 Å². The summed E-state index contributed by atoms with van der Waals surface area (Å²) in [6.45, 7) is 11.3. The largest absolute Gasteiger partial charge is 0.444 e. The third-order valence-electron chi connectivity index (χ3n) is 3.71. The monoisotopic (exact) mass is 284 g/mol. The van der Waals surface area contributed by atoms with Crippen molar-refractivity contribution in [3.05, 3.63) is 0 Å². The second-order valence-corrected chi connectivity index (χ2v) is 7.52. The average molecular weight is 284 g/mol. The summed E-state index contributed by atoms with van der Waals surface area (Å²) in [6.07, 6.45) is 2.08. The molecule has 1 saturated carbocycles. The molecule has 1 unspecified atom stereocenters. The molecule has 1 aliphatic heterocycles. The van der Waals surface area contributed by atoms with Crippen molar-refractivity contribution in [3.8, 4) is 0 Å². The number of amides is 1. The molecule has 0 aromatic carbocycles. The lowest BCUT2D eigenvalue weighted by molar-refractivity contribution is -0.0991. The van der Waals surface area contributed by atoms with Crippen LogP contribution in [0.1, 0.15) is 40.5 Å². The number of alkyl carbamates (subject to hydrolysis) is 1. The minimum absolute atomic E-state index is 0.175. The average Bonchev–Trinajstić information content (AvgIpc) is 3.06. The van der Waals surface area contributed by atoms with Gasteiger partial charge >= 0.3 is 6.09 Å². The topological polar surface area (TPSA) is 59.6 Å². The van der Waals surface area contributed by atoms with Crippen LogP contribution in [0.4, 0.5) is 4.79 Å². The Morgan fingerprint density at radius 2 is 2.05 bits per heavy atom. The van der Waals surface area contributed by atoms with Crippen molar-refractivity contribution in [1.82, 2.24) is 10.6 Å². The Morgan fingerprint density at radius 3 is 2.50 bits per heavy atom. The first kappa shape index (κ1) is 15.6. The van der Waals surface area contributed by atoms with Gasteiger partial charge in [-0.25, -0.2) is 4.79 Å². The van der Waals surface area contributed by atoms with Gasteiger partial charge < -0.3 is 20.1 Å². The summed E-state index contributed by atoms with van der Waals surface area (Å²) < 4.78 is 10.6. The van der Waals surface area contributed by atoms with E-state index in [-0.39, 0.29) is 17.6 Å². The van der Waals surface area contributed by atoms with Gasteiger partial charge in [-0.2, -0.15) is 0 Å². The lowest BCUT2D eigenvalue weighted by Crippen LogP contribution is -2.51. The van der Waals surface area contributed by atoms with Gasteiger partial charge in [-0.05, 0) is 39.5 Å². The highest BCUT2D eigenvalue weighted by Gasteiger charge is 2.35. The Balaban J connectivity index is 1.71. The van der Waals surface area contributed by atoms with Gasteiger partial charge in [0.05, 0.1) is 13.2 Å². The summed E-state index contributed by atoms with van der Waals surface area (Å²) in [5.41, 5.74) is -0.178. The number of carbonyl (C=O) groups excluding carboxylic acids is 1. The SMILES string of the molecule is CC1(CNCC(NC(=O)OC(C)(C)C)C2CC2)COC1. The van der Waals surface area contributed by atoms with Gasteiger partial charge in [0.15, 0.2) is 0 Å². The molecular weight excluding hydrogens is 256 g/mol. The maximum atomic E-state index is 11.8. The van der Waals surface area contributed by atoms with Crippen LogP contribution in [0.15, 0.2) is 0 Å². The Hall–Kier alpha value is -0.810. The van der Waals surface area contributed by atoms with Crippen LogP contribution in [-0.2, 0) is 9.47 Å². The molecule has 1 aliphatic carbocycles. The first-order chi connectivity index (χ1) is 9.27. The minimum Gasteiger partial charge on any atom is -0.444 e. The number of hydrogen-bond donors (Lipinski definition) is 2. The summed E-state index contributed by atoms with van der Waals surface area (Å²) in [5.74, 6) is 0.598. The molecule has 5 nitrogen and oxygen atoms in total. The highest BCUT2D eigenvalue weighted by Crippen LogP contribution is 2.33. The van der Waals surface area contributed by atoms with Crippen molar-refractivity contribution in [2.75, 3.05) is 26.3 Å². The molecule has 0 spiro atoms. The summed E-state index contributed by atoms with van der Waals surface area (Å²) in [7, 11) is 0. The van der Waals surface area contributed by atoms with Crippen LogP contribution in [0.5, 0.6) is 0 Å². The van der Waals surface area contributed by atoms with E-state index in [0.29, 0.717) is 5.92 Å². The molecule has 1 atom stereocenters. The van der Waals surface area contributed by atoms with Crippen molar-refractivity contribution in [2.45, 2.75) is 52.2 Å². The number of hydrogen-bond acceptors (Lipinski definition) is 4. The molecule has 116 valence electrons. The van der Waals surface area contributed by atoms with E-state index in [2.05, 4.69) is 17.6 Å². The fourth-order valence-corrected chi connectivity index (χ4v) is 2.38. The van der Waals surface area contributed by atoms with Crippen LogP contribution >= 0.6 is 0 Å². The molecule has 1 saturated heterocycles. The molecule has 2 rings (SSSR count). The number of nitrogens with one attached hydrogen (secondary N) is 2. The first-order valence-electron chi connectivity index (χ1n) is 7.55. The van der Waals surface area contributed by atoms with E-state index in [0.717, 1.165) is 26.3 Å². The molecule has 5 heteroatoms. The Bertz CT molecular complexity index is 344. The predicted molar refractivity (Wildman–Crippen MR) is 77.7 cm³/mol. The molecule has 0 aromatic heterocycles.